The summed E-state index contributed by atoms with van der Waals surface area (Å²) in [6.45, 7) is 0. The first kappa shape index (κ1) is 18.8. The van der Waals surface area contributed by atoms with Crippen LogP contribution in [0.3, 0.4) is 0 Å². The third-order valence-electron chi connectivity index (χ3n) is 3.40. The Hall–Kier alpha value is -2.02. The SMILES string of the molecule is CN(C)S(=O)(=O)n1cnc(S(=O)(=O)Oc2ccc3ccccc3c2Br)n1. The van der Waals surface area contributed by atoms with Crippen LogP contribution in [-0.2, 0) is 20.3 Å². The molecule has 1 aromatic heterocycles. The monoisotopic (exact) mass is 460 g/mol. The van der Waals surface area contributed by atoms with Crippen LogP contribution in [0.25, 0.3) is 10.8 Å². The average molecular weight is 461 g/mol. The predicted molar refractivity (Wildman–Crippen MR) is 97.5 cm³/mol. The van der Waals surface area contributed by atoms with Gasteiger partial charge in [0.05, 0.1) is 4.47 Å². The van der Waals surface area contributed by atoms with Crippen molar-refractivity contribution in [1.29, 1.82) is 0 Å². The minimum Gasteiger partial charge on any atom is -0.375 e. The Balaban J connectivity index is 1.98. The zero-order valence-corrected chi connectivity index (χ0v) is 16.8. The molecule has 0 saturated carbocycles. The first-order valence-corrected chi connectivity index (χ1v) is 10.7. The molecule has 0 aliphatic heterocycles. The molecule has 0 radical (unpaired) electrons. The van der Waals surface area contributed by atoms with E-state index in [-0.39, 0.29) is 5.75 Å². The van der Waals surface area contributed by atoms with Gasteiger partial charge in [-0.1, -0.05) is 30.3 Å². The molecule has 0 atom stereocenters. The molecule has 3 aromatic rings. The van der Waals surface area contributed by atoms with Gasteiger partial charge in [-0.25, -0.2) is 4.98 Å². The van der Waals surface area contributed by atoms with Crippen LogP contribution in [0.15, 0.2) is 52.4 Å². The molecule has 0 spiro atoms. The molecule has 0 saturated heterocycles. The van der Waals surface area contributed by atoms with Crippen LogP contribution in [0.1, 0.15) is 0 Å². The summed E-state index contributed by atoms with van der Waals surface area (Å²) >= 11 is 3.33. The van der Waals surface area contributed by atoms with Crippen molar-refractivity contribution in [3.8, 4) is 5.75 Å². The maximum atomic E-state index is 12.4. The van der Waals surface area contributed by atoms with Crippen molar-refractivity contribution < 1.29 is 21.0 Å². The smallest absolute Gasteiger partial charge is 0.375 e. The minimum absolute atomic E-state index is 0.0375. The van der Waals surface area contributed by atoms with Gasteiger partial charge < -0.3 is 4.18 Å². The molecular formula is C14H13BrN4O5S2. The van der Waals surface area contributed by atoms with Gasteiger partial charge in [-0.15, -0.1) is 9.19 Å². The van der Waals surface area contributed by atoms with Crippen molar-refractivity contribution in [1.82, 2.24) is 18.5 Å². The quantitative estimate of drug-likeness (QED) is 0.531. The third-order valence-corrected chi connectivity index (χ3v) is 6.82. The van der Waals surface area contributed by atoms with Crippen LogP contribution >= 0.6 is 15.9 Å². The summed E-state index contributed by atoms with van der Waals surface area (Å²) in [4.78, 5) is 3.54. The Kier molecular flexibility index (Phi) is 4.77. The number of halogens is 1. The molecule has 3 rings (SSSR count). The molecule has 2 aromatic carbocycles. The molecule has 0 aliphatic rings. The predicted octanol–water partition coefficient (Wildman–Crippen LogP) is 1.62. The number of fused-ring (bicyclic) bond motifs is 1. The van der Waals surface area contributed by atoms with E-state index in [0.29, 0.717) is 8.56 Å². The summed E-state index contributed by atoms with van der Waals surface area (Å²) in [6.07, 6.45) is 0.793. The van der Waals surface area contributed by atoms with E-state index in [1.54, 1.807) is 18.2 Å². The van der Waals surface area contributed by atoms with Gasteiger partial charge in [0.15, 0.2) is 5.75 Å². The fourth-order valence-corrected chi connectivity index (χ4v) is 4.29. The van der Waals surface area contributed by atoms with Gasteiger partial charge in [-0.3, -0.25) is 0 Å². The highest BCUT2D eigenvalue weighted by atomic mass is 79.9. The van der Waals surface area contributed by atoms with E-state index in [1.807, 2.05) is 12.1 Å². The number of hydrogen-bond acceptors (Lipinski definition) is 7. The number of benzene rings is 2. The first-order valence-electron chi connectivity index (χ1n) is 7.09. The lowest BCUT2D eigenvalue weighted by Gasteiger charge is -2.10. The van der Waals surface area contributed by atoms with Crippen LogP contribution < -0.4 is 4.18 Å². The molecule has 0 unspecified atom stereocenters. The number of rotatable bonds is 5. The lowest BCUT2D eigenvalue weighted by Crippen LogP contribution is -2.29. The van der Waals surface area contributed by atoms with Crippen molar-refractivity contribution >= 4 is 47.0 Å². The summed E-state index contributed by atoms with van der Waals surface area (Å²) < 4.78 is 55.6. The lowest BCUT2D eigenvalue weighted by molar-refractivity contribution is 0.475. The molecule has 9 nitrogen and oxygen atoms in total. The average Bonchev–Trinajstić information content (AvgIpc) is 3.09. The summed E-state index contributed by atoms with van der Waals surface area (Å²) in [5, 5.41) is 4.40. The second-order valence-corrected chi connectivity index (χ2v) is 9.56. The van der Waals surface area contributed by atoms with Crippen LogP contribution in [0.5, 0.6) is 5.75 Å². The van der Waals surface area contributed by atoms with Crippen molar-refractivity contribution in [2.75, 3.05) is 14.1 Å². The van der Waals surface area contributed by atoms with E-state index in [9.17, 15) is 16.8 Å². The highest BCUT2D eigenvalue weighted by molar-refractivity contribution is 9.10. The molecule has 0 amide bonds. The lowest BCUT2D eigenvalue weighted by atomic mass is 10.1. The second kappa shape index (κ2) is 6.61. The molecule has 12 heteroatoms. The Morgan fingerprint density at radius 3 is 2.46 bits per heavy atom. The zero-order chi connectivity index (χ0) is 19.1. The minimum atomic E-state index is -4.43. The van der Waals surface area contributed by atoms with Crippen LogP contribution in [0.2, 0.25) is 0 Å². The van der Waals surface area contributed by atoms with Gasteiger partial charge in [0.2, 0.25) is 0 Å². The van der Waals surface area contributed by atoms with Crippen molar-refractivity contribution in [3.63, 3.8) is 0 Å². The fourth-order valence-electron chi connectivity index (χ4n) is 2.06. The first-order chi connectivity index (χ1) is 12.1. The van der Waals surface area contributed by atoms with Crippen molar-refractivity contribution in [3.05, 3.63) is 47.2 Å². The third kappa shape index (κ3) is 3.32. The normalized spacial score (nSPS) is 12.6. The number of hydrogen-bond donors (Lipinski definition) is 0. The Bertz CT molecular complexity index is 1190. The highest BCUT2D eigenvalue weighted by Gasteiger charge is 2.27. The van der Waals surface area contributed by atoms with Gasteiger partial charge >= 0.3 is 25.5 Å². The van der Waals surface area contributed by atoms with Gasteiger partial charge in [0.25, 0.3) is 0 Å². The van der Waals surface area contributed by atoms with E-state index in [0.717, 1.165) is 21.4 Å². The Morgan fingerprint density at radius 1 is 1.08 bits per heavy atom. The molecule has 0 fully saturated rings. The largest absolute Gasteiger partial charge is 0.377 e. The Morgan fingerprint density at radius 2 is 1.77 bits per heavy atom. The van der Waals surface area contributed by atoms with Gasteiger partial charge in [0, 0.05) is 14.1 Å². The van der Waals surface area contributed by atoms with Gasteiger partial charge in [0.1, 0.15) is 6.33 Å². The number of nitrogens with zero attached hydrogens (tertiary/aromatic N) is 4. The van der Waals surface area contributed by atoms with E-state index >= 15 is 0 Å². The van der Waals surface area contributed by atoms with E-state index < -0.39 is 25.5 Å². The molecule has 0 N–H and O–H groups in total. The van der Waals surface area contributed by atoms with Gasteiger partial charge in [-0.2, -0.15) is 21.1 Å². The van der Waals surface area contributed by atoms with Crippen molar-refractivity contribution in [2.45, 2.75) is 5.16 Å². The molecule has 0 bridgehead atoms. The molecule has 0 aliphatic carbocycles. The molecular weight excluding hydrogens is 448 g/mol. The zero-order valence-electron chi connectivity index (χ0n) is 13.6. The maximum absolute atomic E-state index is 12.4. The van der Waals surface area contributed by atoms with Crippen LogP contribution in [-0.4, -0.2) is 49.4 Å². The van der Waals surface area contributed by atoms with Crippen molar-refractivity contribution in [2.24, 2.45) is 0 Å². The molecule has 138 valence electrons. The van der Waals surface area contributed by atoms with E-state index in [4.69, 9.17) is 4.18 Å². The molecule has 1 heterocycles. The van der Waals surface area contributed by atoms with Crippen LogP contribution in [0, 0.1) is 0 Å². The summed E-state index contributed by atoms with van der Waals surface area (Å²) in [7, 11) is -5.83. The topological polar surface area (TPSA) is 111 Å². The number of aromatic nitrogens is 3. The molecule has 26 heavy (non-hydrogen) atoms. The summed E-state index contributed by atoms with van der Waals surface area (Å²) in [5.41, 5.74) is 0. The summed E-state index contributed by atoms with van der Waals surface area (Å²) in [6, 6.07) is 10.5. The van der Waals surface area contributed by atoms with E-state index in [1.165, 1.54) is 20.2 Å². The maximum Gasteiger partial charge on any atom is 0.377 e. The highest BCUT2D eigenvalue weighted by Crippen LogP contribution is 2.34. The van der Waals surface area contributed by atoms with E-state index in [2.05, 4.69) is 26.0 Å². The second-order valence-electron chi connectivity index (χ2n) is 5.33. The van der Waals surface area contributed by atoms with Gasteiger partial charge in [-0.05, 0) is 32.8 Å². The standard InChI is InChI=1S/C14H13BrN4O5S2/c1-18(2)26(22,23)19-9-16-14(17-19)25(20,21)24-12-8-7-10-5-3-4-6-11(10)13(12)15/h3-9H,1-2H3. The Labute approximate surface area is 158 Å². The fraction of sp³-hybridized carbons (Fsp3) is 0.143. The van der Waals surface area contributed by atoms with Crippen LogP contribution in [0.4, 0.5) is 0 Å². The summed E-state index contributed by atoms with van der Waals surface area (Å²) in [5.74, 6) is 0.0375.